The topological polar surface area (TPSA) is 122 Å². The Bertz CT molecular complexity index is 880. The number of hydrogen-bond donors (Lipinski definition) is 3. The van der Waals surface area contributed by atoms with Crippen molar-refractivity contribution >= 4 is 40.1 Å². The van der Waals surface area contributed by atoms with E-state index in [0.29, 0.717) is 17.0 Å². The van der Waals surface area contributed by atoms with Gasteiger partial charge in [-0.1, -0.05) is 19.8 Å². The molecule has 1 aromatic heterocycles. The molecule has 0 unspecified atom stereocenters. The highest BCUT2D eigenvalue weighted by Crippen LogP contribution is 2.40. The Kier molecular flexibility index (Phi) is 4.65. The van der Waals surface area contributed by atoms with Gasteiger partial charge in [0.25, 0.3) is 11.8 Å². The molecule has 1 saturated carbocycles. The minimum Gasteiger partial charge on any atom is -0.365 e. The molecule has 4 rings (SSSR count). The van der Waals surface area contributed by atoms with Gasteiger partial charge in [0, 0.05) is 4.88 Å². The minimum atomic E-state index is -0.891. The molecule has 150 valence electrons. The number of carbonyl (C=O) groups is 4. The Labute approximate surface area is 166 Å². The van der Waals surface area contributed by atoms with Crippen LogP contribution < -0.4 is 16.4 Å². The van der Waals surface area contributed by atoms with E-state index in [1.165, 1.54) is 11.3 Å². The molecule has 0 radical (unpaired) electrons. The van der Waals surface area contributed by atoms with E-state index < -0.39 is 23.4 Å². The van der Waals surface area contributed by atoms with E-state index in [1.807, 2.05) is 6.92 Å². The third-order valence-electron chi connectivity index (χ3n) is 6.22. The average molecular weight is 404 g/mol. The summed E-state index contributed by atoms with van der Waals surface area (Å²) in [5.41, 5.74) is 5.90. The summed E-state index contributed by atoms with van der Waals surface area (Å²) >= 11 is 1.35. The van der Waals surface area contributed by atoms with Gasteiger partial charge in [-0.15, -0.1) is 11.3 Å². The Morgan fingerprint density at radius 1 is 1.29 bits per heavy atom. The molecule has 28 heavy (non-hydrogen) atoms. The van der Waals surface area contributed by atoms with Gasteiger partial charge in [-0.3, -0.25) is 19.3 Å². The lowest BCUT2D eigenvalue weighted by Gasteiger charge is -2.36. The molecule has 2 fully saturated rings. The number of thiophene rings is 1. The number of hydrogen-bond acceptors (Lipinski definition) is 5. The number of fused-ring (bicyclic) bond motifs is 1. The zero-order valence-electron chi connectivity index (χ0n) is 15.8. The van der Waals surface area contributed by atoms with Gasteiger partial charge >= 0.3 is 6.03 Å². The van der Waals surface area contributed by atoms with Crippen LogP contribution in [0.5, 0.6) is 0 Å². The summed E-state index contributed by atoms with van der Waals surface area (Å²) in [5, 5.41) is 5.94. The lowest BCUT2D eigenvalue weighted by atomic mass is 9.73. The number of urea groups is 1. The first-order valence-electron chi connectivity index (χ1n) is 9.72. The van der Waals surface area contributed by atoms with Crippen LogP contribution in [-0.2, 0) is 22.4 Å². The van der Waals surface area contributed by atoms with E-state index in [0.717, 1.165) is 53.9 Å². The highest BCUT2D eigenvalue weighted by atomic mass is 32.1. The fourth-order valence-electron chi connectivity index (χ4n) is 4.70. The molecular formula is C19H24N4O4S. The van der Waals surface area contributed by atoms with Gasteiger partial charge in [0.05, 0.1) is 5.56 Å². The maximum Gasteiger partial charge on any atom is 0.325 e. The zero-order chi connectivity index (χ0) is 20.1. The Balaban J connectivity index is 1.50. The molecule has 5 amide bonds. The fraction of sp³-hybridized carbons (Fsp3) is 0.579. The predicted octanol–water partition coefficient (Wildman–Crippen LogP) is 1.77. The van der Waals surface area contributed by atoms with Crippen molar-refractivity contribution in [1.29, 1.82) is 0 Å². The largest absolute Gasteiger partial charge is 0.365 e. The quantitative estimate of drug-likeness (QED) is 0.662. The van der Waals surface area contributed by atoms with Crippen molar-refractivity contribution in [1.82, 2.24) is 10.2 Å². The second kappa shape index (κ2) is 6.88. The third-order valence-corrected chi connectivity index (χ3v) is 7.43. The number of nitrogens with zero attached hydrogens (tertiary/aromatic N) is 1. The van der Waals surface area contributed by atoms with E-state index in [-0.39, 0.29) is 18.4 Å². The second-order valence-corrected chi connectivity index (χ2v) is 9.02. The van der Waals surface area contributed by atoms with Crippen molar-refractivity contribution in [3.8, 4) is 0 Å². The highest BCUT2D eigenvalue weighted by molar-refractivity contribution is 7.17. The summed E-state index contributed by atoms with van der Waals surface area (Å²) < 4.78 is 0. The van der Waals surface area contributed by atoms with E-state index >= 15 is 0 Å². The highest BCUT2D eigenvalue weighted by Gasteiger charge is 2.55. The number of amides is 5. The maximum absolute atomic E-state index is 13.0. The maximum atomic E-state index is 13.0. The van der Waals surface area contributed by atoms with Crippen molar-refractivity contribution in [3.63, 3.8) is 0 Å². The first-order valence-corrected chi connectivity index (χ1v) is 10.5. The fourth-order valence-corrected chi connectivity index (χ4v) is 6.01. The molecule has 8 nitrogen and oxygen atoms in total. The van der Waals surface area contributed by atoms with Gasteiger partial charge in [-0.2, -0.15) is 0 Å². The number of nitrogens with one attached hydrogen (secondary N) is 2. The predicted molar refractivity (Wildman–Crippen MR) is 104 cm³/mol. The monoisotopic (exact) mass is 404 g/mol. The van der Waals surface area contributed by atoms with Crippen LogP contribution in [0.15, 0.2) is 0 Å². The van der Waals surface area contributed by atoms with Crippen LogP contribution in [0.3, 0.4) is 0 Å². The van der Waals surface area contributed by atoms with Gasteiger partial charge in [-0.05, 0) is 43.6 Å². The summed E-state index contributed by atoms with van der Waals surface area (Å²) in [7, 11) is 0. The molecule has 9 heteroatoms. The van der Waals surface area contributed by atoms with Crippen molar-refractivity contribution in [2.75, 3.05) is 11.9 Å². The number of aryl methyl sites for hydroxylation is 1. The third kappa shape index (κ3) is 2.88. The van der Waals surface area contributed by atoms with Gasteiger partial charge < -0.3 is 16.4 Å². The van der Waals surface area contributed by atoms with Gasteiger partial charge in [-0.25, -0.2) is 4.79 Å². The Hall–Kier alpha value is -2.42. The Morgan fingerprint density at radius 2 is 2.07 bits per heavy atom. The second-order valence-electron chi connectivity index (χ2n) is 7.91. The van der Waals surface area contributed by atoms with Crippen molar-refractivity contribution in [3.05, 3.63) is 16.0 Å². The summed E-state index contributed by atoms with van der Waals surface area (Å²) in [6.07, 6.45) is 5.98. The van der Waals surface area contributed by atoms with Gasteiger partial charge in [0.15, 0.2) is 0 Å². The number of anilines is 1. The molecule has 2 aliphatic carbocycles. The molecule has 2 heterocycles. The molecule has 1 aliphatic heterocycles. The molecule has 3 aliphatic rings. The lowest BCUT2D eigenvalue weighted by Crippen LogP contribution is -2.54. The molecular weight excluding hydrogens is 380 g/mol. The number of imide groups is 1. The lowest BCUT2D eigenvalue weighted by molar-refractivity contribution is -0.136. The van der Waals surface area contributed by atoms with Gasteiger partial charge in [0.1, 0.15) is 17.1 Å². The van der Waals surface area contributed by atoms with E-state index in [2.05, 4.69) is 10.6 Å². The number of rotatable bonds is 4. The summed E-state index contributed by atoms with van der Waals surface area (Å²) in [6, 6.07) is -0.530. The smallest absolute Gasteiger partial charge is 0.325 e. The molecule has 2 atom stereocenters. The number of primary amides is 1. The molecule has 4 N–H and O–H groups in total. The van der Waals surface area contributed by atoms with Crippen LogP contribution in [0.2, 0.25) is 0 Å². The zero-order valence-corrected chi connectivity index (χ0v) is 16.6. The van der Waals surface area contributed by atoms with Crippen LogP contribution in [0.4, 0.5) is 9.80 Å². The molecule has 0 aromatic carbocycles. The van der Waals surface area contributed by atoms with E-state index in [9.17, 15) is 19.2 Å². The summed E-state index contributed by atoms with van der Waals surface area (Å²) in [4.78, 5) is 51.9. The summed E-state index contributed by atoms with van der Waals surface area (Å²) in [5.74, 6) is -1.37. The Morgan fingerprint density at radius 3 is 2.79 bits per heavy atom. The van der Waals surface area contributed by atoms with Gasteiger partial charge in [0.2, 0.25) is 5.91 Å². The van der Waals surface area contributed by atoms with Crippen molar-refractivity contribution in [2.24, 2.45) is 11.7 Å². The summed E-state index contributed by atoms with van der Waals surface area (Å²) in [6.45, 7) is 1.59. The molecule has 1 saturated heterocycles. The average Bonchev–Trinajstić information content (AvgIpc) is 3.26. The SMILES string of the molecule is C[C@H]1CCCC[C@]12NC(=O)N(CC(=O)Nc1sc3c(c1C(N)=O)CCC3)C2=O. The number of nitrogens with two attached hydrogens (primary N) is 1. The van der Waals surface area contributed by atoms with Crippen LogP contribution in [0.25, 0.3) is 0 Å². The van der Waals surface area contributed by atoms with E-state index in [1.54, 1.807) is 0 Å². The van der Waals surface area contributed by atoms with Crippen molar-refractivity contribution in [2.45, 2.75) is 57.4 Å². The minimum absolute atomic E-state index is 0.0347. The number of carbonyl (C=O) groups excluding carboxylic acids is 4. The van der Waals surface area contributed by atoms with Crippen LogP contribution >= 0.6 is 11.3 Å². The van der Waals surface area contributed by atoms with Crippen LogP contribution in [-0.4, -0.2) is 40.7 Å². The van der Waals surface area contributed by atoms with E-state index in [4.69, 9.17) is 5.73 Å². The molecule has 1 aromatic rings. The van der Waals surface area contributed by atoms with Crippen LogP contribution in [0, 0.1) is 5.92 Å². The van der Waals surface area contributed by atoms with Crippen molar-refractivity contribution < 1.29 is 19.2 Å². The molecule has 1 spiro atoms. The standard InChI is InChI=1S/C19H24N4O4S/c1-10-5-2-3-8-19(10)17(26)23(18(27)22-19)9-13(24)21-16-14(15(20)25)11-6-4-7-12(11)28-16/h10H,2-9H2,1H3,(H2,20,25)(H,21,24)(H,22,27)/t10-,19-/m0/s1. The first kappa shape index (κ1) is 18.9. The normalized spacial score (nSPS) is 26.5. The van der Waals surface area contributed by atoms with Crippen LogP contribution in [0.1, 0.15) is 59.8 Å². The first-order chi connectivity index (χ1) is 13.3. The molecule has 0 bridgehead atoms.